The minimum Gasteiger partial charge on any atom is -0.476 e. The molecular weight excluding hydrogens is 240 g/mol. The van der Waals surface area contributed by atoms with Crippen molar-refractivity contribution in [2.75, 3.05) is 0 Å². The molecule has 0 bridgehead atoms. The number of primary amides is 1. The highest BCUT2D eigenvalue weighted by molar-refractivity contribution is 5.93. The molecule has 1 aromatic carbocycles. The maximum Gasteiger partial charge on any atom is 0.311 e. The van der Waals surface area contributed by atoms with Gasteiger partial charge in [0.1, 0.15) is 0 Å². The van der Waals surface area contributed by atoms with Crippen LogP contribution in [0.5, 0.6) is 5.75 Å². The number of benzene rings is 1. The number of hydrogen-bond donors (Lipinski definition) is 1. The molecule has 18 heavy (non-hydrogen) atoms. The zero-order valence-electron chi connectivity index (χ0n) is 9.88. The summed E-state index contributed by atoms with van der Waals surface area (Å²) in [6.07, 6.45) is -0.803. The van der Waals surface area contributed by atoms with Gasteiger partial charge in [-0.1, -0.05) is 0 Å². The van der Waals surface area contributed by atoms with Gasteiger partial charge in [-0.15, -0.1) is 0 Å². The largest absolute Gasteiger partial charge is 0.476 e. The quantitative estimate of drug-likeness (QED) is 0.621. The van der Waals surface area contributed by atoms with Crippen molar-refractivity contribution in [2.45, 2.75) is 20.0 Å². The number of Topliss-reactive ketones (excluding diaryl/α,β-unsaturated/α-hetero) is 1. The zero-order valence-corrected chi connectivity index (χ0v) is 9.88. The fourth-order valence-electron chi connectivity index (χ4n) is 1.19. The third-order valence-corrected chi connectivity index (χ3v) is 2.32. The van der Waals surface area contributed by atoms with Gasteiger partial charge in [0.2, 0.25) is 5.91 Å². The molecule has 0 aliphatic rings. The first-order valence-corrected chi connectivity index (χ1v) is 5.08. The van der Waals surface area contributed by atoms with Crippen molar-refractivity contribution < 1.29 is 19.2 Å². The SMILES string of the molecule is CC(=O)C(C)Oc1ccc(C(N)=O)cc1[N+](=O)[O-]. The van der Waals surface area contributed by atoms with E-state index >= 15 is 0 Å². The second-order valence-corrected chi connectivity index (χ2v) is 3.67. The summed E-state index contributed by atoms with van der Waals surface area (Å²) < 4.78 is 5.16. The fourth-order valence-corrected chi connectivity index (χ4v) is 1.19. The molecule has 7 nitrogen and oxygen atoms in total. The highest BCUT2D eigenvalue weighted by Gasteiger charge is 2.20. The topological polar surface area (TPSA) is 113 Å². The summed E-state index contributed by atoms with van der Waals surface area (Å²) in [5.74, 6) is -1.11. The third-order valence-electron chi connectivity index (χ3n) is 2.32. The Labute approximate surface area is 103 Å². The Balaban J connectivity index is 3.16. The molecule has 1 amide bonds. The number of rotatable bonds is 5. The van der Waals surface area contributed by atoms with Crippen molar-refractivity contribution in [1.82, 2.24) is 0 Å². The Morgan fingerprint density at radius 3 is 2.50 bits per heavy atom. The van der Waals surface area contributed by atoms with E-state index in [2.05, 4.69) is 0 Å². The Hall–Kier alpha value is -2.44. The monoisotopic (exact) mass is 252 g/mol. The number of ether oxygens (including phenoxy) is 1. The molecule has 1 unspecified atom stereocenters. The second kappa shape index (κ2) is 5.26. The van der Waals surface area contributed by atoms with Crippen LogP contribution in [0.25, 0.3) is 0 Å². The zero-order chi connectivity index (χ0) is 13.9. The van der Waals surface area contributed by atoms with Crippen LogP contribution in [0, 0.1) is 10.1 Å². The van der Waals surface area contributed by atoms with E-state index in [-0.39, 0.29) is 17.1 Å². The molecular formula is C11H12N2O5. The van der Waals surface area contributed by atoms with Crippen molar-refractivity contribution in [2.24, 2.45) is 5.73 Å². The van der Waals surface area contributed by atoms with Crippen LogP contribution in [0.15, 0.2) is 18.2 Å². The van der Waals surface area contributed by atoms with Crippen molar-refractivity contribution in [3.8, 4) is 5.75 Å². The summed E-state index contributed by atoms with van der Waals surface area (Å²) in [4.78, 5) is 32.1. The van der Waals surface area contributed by atoms with Crippen molar-refractivity contribution in [1.29, 1.82) is 0 Å². The lowest BCUT2D eigenvalue weighted by Gasteiger charge is -2.11. The van der Waals surface area contributed by atoms with Crippen LogP contribution in [0.2, 0.25) is 0 Å². The van der Waals surface area contributed by atoms with Crippen LogP contribution in [-0.4, -0.2) is 22.7 Å². The van der Waals surface area contributed by atoms with E-state index in [9.17, 15) is 19.7 Å². The highest BCUT2D eigenvalue weighted by Crippen LogP contribution is 2.28. The molecule has 0 aliphatic heterocycles. The average Bonchev–Trinajstić information content (AvgIpc) is 2.28. The van der Waals surface area contributed by atoms with Gasteiger partial charge in [-0.3, -0.25) is 19.7 Å². The first-order valence-electron chi connectivity index (χ1n) is 5.08. The molecule has 0 heterocycles. The lowest BCUT2D eigenvalue weighted by atomic mass is 10.1. The van der Waals surface area contributed by atoms with Crippen molar-refractivity contribution >= 4 is 17.4 Å². The normalized spacial score (nSPS) is 11.7. The van der Waals surface area contributed by atoms with Crippen LogP contribution in [0.3, 0.4) is 0 Å². The second-order valence-electron chi connectivity index (χ2n) is 3.67. The van der Waals surface area contributed by atoms with Gasteiger partial charge in [0.15, 0.2) is 17.6 Å². The first-order chi connectivity index (χ1) is 8.32. The molecule has 1 atom stereocenters. The summed E-state index contributed by atoms with van der Waals surface area (Å²) in [7, 11) is 0. The molecule has 0 saturated heterocycles. The minimum atomic E-state index is -0.803. The van der Waals surface area contributed by atoms with Gasteiger partial charge in [-0.2, -0.15) is 0 Å². The van der Waals surface area contributed by atoms with E-state index in [1.54, 1.807) is 0 Å². The van der Waals surface area contributed by atoms with Gasteiger partial charge in [0, 0.05) is 11.6 Å². The molecule has 1 aromatic rings. The van der Waals surface area contributed by atoms with Crippen molar-refractivity contribution in [3.63, 3.8) is 0 Å². The van der Waals surface area contributed by atoms with Crippen LogP contribution in [-0.2, 0) is 4.79 Å². The summed E-state index contributed by atoms with van der Waals surface area (Å²) in [6, 6.07) is 3.57. The fraction of sp³-hybridized carbons (Fsp3) is 0.273. The summed E-state index contributed by atoms with van der Waals surface area (Å²) >= 11 is 0. The number of nitro benzene ring substituents is 1. The maximum atomic E-state index is 11.0. The first kappa shape index (κ1) is 13.6. The highest BCUT2D eigenvalue weighted by atomic mass is 16.6. The lowest BCUT2D eigenvalue weighted by molar-refractivity contribution is -0.386. The van der Waals surface area contributed by atoms with Gasteiger partial charge < -0.3 is 10.5 Å². The number of ketones is 1. The molecule has 0 aromatic heterocycles. The molecule has 0 spiro atoms. The van der Waals surface area contributed by atoms with E-state index in [0.717, 1.165) is 6.07 Å². The van der Waals surface area contributed by atoms with Crippen LogP contribution in [0.4, 0.5) is 5.69 Å². The smallest absolute Gasteiger partial charge is 0.311 e. The van der Waals surface area contributed by atoms with Gasteiger partial charge >= 0.3 is 5.69 Å². The van der Waals surface area contributed by atoms with Crippen LogP contribution in [0.1, 0.15) is 24.2 Å². The average molecular weight is 252 g/mol. The van der Waals surface area contributed by atoms with E-state index in [1.165, 1.54) is 26.0 Å². The van der Waals surface area contributed by atoms with Gasteiger partial charge in [-0.05, 0) is 26.0 Å². The number of carbonyl (C=O) groups excluding carboxylic acids is 2. The number of nitrogens with zero attached hydrogens (tertiary/aromatic N) is 1. The van der Waals surface area contributed by atoms with E-state index in [1.807, 2.05) is 0 Å². The predicted octanol–water partition coefficient (Wildman–Crippen LogP) is 1.05. The van der Waals surface area contributed by atoms with E-state index in [0.29, 0.717) is 0 Å². The summed E-state index contributed by atoms with van der Waals surface area (Å²) in [5, 5.41) is 10.8. The molecule has 0 radical (unpaired) electrons. The third kappa shape index (κ3) is 3.03. The molecule has 0 saturated carbocycles. The lowest BCUT2D eigenvalue weighted by Crippen LogP contribution is -2.21. The maximum absolute atomic E-state index is 11.0. The van der Waals surface area contributed by atoms with Gasteiger partial charge in [-0.25, -0.2) is 0 Å². The Morgan fingerprint density at radius 2 is 2.06 bits per heavy atom. The number of nitrogens with two attached hydrogens (primary N) is 1. The van der Waals surface area contributed by atoms with Crippen LogP contribution >= 0.6 is 0 Å². The molecule has 2 N–H and O–H groups in total. The predicted molar refractivity (Wildman–Crippen MR) is 62.4 cm³/mol. The molecule has 0 fully saturated rings. The Bertz CT molecular complexity index is 512. The Kier molecular flexibility index (Phi) is 3.98. The van der Waals surface area contributed by atoms with Crippen molar-refractivity contribution in [3.05, 3.63) is 33.9 Å². The molecule has 7 heteroatoms. The standard InChI is InChI=1S/C11H12N2O5/c1-6(14)7(2)18-10-4-3-8(11(12)15)5-9(10)13(16)17/h3-5,7H,1-2H3,(H2,12,15). The molecule has 0 aliphatic carbocycles. The van der Waals surface area contributed by atoms with Crippen LogP contribution < -0.4 is 10.5 Å². The number of hydrogen-bond acceptors (Lipinski definition) is 5. The minimum absolute atomic E-state index is 0.00419. The summed E-state index contributed by atoms with van der Waals surface area (Å²) in [6.45, 7) is 2.79. The Morgan fingerprint density at radius 1 is 1.44 bits per heavy atom. The van der Waals surface area contributed by atoms with Gasteiger partial charge in [0.25, 0.3) is 0 Å². The number of carbonyl (C=O) groups is 2. The number of amides is 1. The number of nitro groups is 1. The summed E-state index contributed by atoms with van der Waals surface area (Å²) in [5.41, 5.74) is 4.63. The van der Waals surface area contributed by atoms with E-state index < -0.39 is 22.6 Å². The van der Waals surface area contributed by atoms with E-state index in [4.69, 9.17) is 10.5 Å². The molecule has 96 valence electrons. The molecule has 1 rings (SSSR count). The van der Waals surface area contributed by atoms with Gasteiger partial charge in [0.05, 0.1) is 4.92 Å².